The maximum Gasteiger partial charge on any atom is 0.0729 e. The molecule has 2 heterocycles. The predicted molar refractivity (Wildman–Crippen MR) is 331 cm³/mol. The third kappa shape index (κ3) is 7.36. The molecule has 0 amide bonds. The summed E-state index contributed by atoms with van der Waals surface area (Å²) in [6, 6.07) is 121. The zero-order chi connectivity index (χ0) is 50.5. The lowest BCUT2D eigenvalue weighted by Gasteiger charge is -2.31. The van der Waals surface area contributed by atoms with Crippen molar-refractivity contribution in [2.75, 3.05) is 0 Å². The van der Waals surface area contributed by atoms with Gasteiger partial charge in [-0.05, 0) is 89.0 Å². The van der Waals surface area contributed by atoms with Gasteiger partial charge in [-0.25, -0.2) is 0 Å². The first kappa shape index (κ1) is 46.1. The highest BCUT2D eigenvalue weighted by molar-refractivity contribution is 8.56. The van der Waals surface area contributed by atoms with Gasteiger partial charge in [0.25, 0.3) is 0 Å². The van der Waals surface area contributed by atoms with Gasteiger partial charge in [-0.3, -0.25) is 0 Å². The molecule has 0 bridgehead atoms. The highest BCUT2D eigenvalue weighted by Gasteiger charge is 3.04. The number of hydrogen-bond acceptors (Lipinski definition) is 0. The van der Waals surface area contributed by atoms with E-state index in [2.05, 4.69) is 315 Å². The van der Waals surface area contributed by atoms with Crippen LogP contribution in [0.3, 0.4) is 0 Å². The lowest BCUT2D eigenvalue weighted by atomic mass is 9.99. The Hall–Kier alpha value is -8.49. The molecule has 0 unspecified atom stereocenters. The molecule has 2 aliphatic rings. The third-order valence-electron chi connectivity index (χ3n) is 16.1. The molecule has 2 fully saturated rings. The summed E-state index contributed by atoms with van der Waals surface area (Å²) in [5, 5.41) is 6.65. The lowest BCUT2D eigenvalue weighted by Crippen LogP contribution is -2.62. The van der Waals surface area contributed by atoms with Crippen LogP contribution in [0.2, 0.25) is 0 Å². The minimum atomic E-state index is -2.85. The van der Waals surface area contributed by atoms with Crippen LogP contribution in [0.5, 0.6) is 0 Å². The number of hydrogen-bond donors (Lipinski definition) is 0. The number of fused-ring (bicyclic) bond motifs is 1. The van der Waals surface area contributed by atoms with E-state index >= 15 is 0 Å². The Morgan fingerprint density at radius 1 is 0.158 bits per heavy atom. The molecular formula is C72H52Si4. The second-order valence-corrected chi connectivity index (χ2v) is 58.1. The molecule has 12 aromatic carbocycles. The SMILES string of the molecule is c1ccc(-c2cccc(-c3ccccc3)c2[Si]2[Si]3(c4c(-c5ccccc5)cccc4-c4ccccc4)[Si](c4c(-c5ccccc5)cccc4-c4ccccc4)[Si]23c2c(-c3ccccc3)cccc2-c2ccccc2)cc1. The van der Waals surface area contributed by atoms with Gasteiger partial charge in [0.1, 0.15) is 0 Å². The van der Waals surface area contributed by atoms with Crippen LogP contribution in [0.15, 0.2) is 315 Å². The van der Waals surface area contributed by atoms with Gasteiger partial charge in [-0.1, -0.05) is 336 Å². The van der Waals surface area contributed by atoms with E-state index in [-0.39, 0.29) is 0 Å². The summed E-state index contributed by atoms with van der Waals surface area (Å²) in [6.07, 6.45) is 0. The van der Waals surface area contributed by atoms with Crippen molar-refractivity contribution in [2.24, 2.45) is 0 Å². The monoisotopic (exact) mass is 1030 g/mol. The van der Waals surface area contributed by atoms with Crippen LogP contribution in [0, 0.1) is 0 Å². The van der Waals surface area contributed by atoms with Crippen molar-refractivity contribution < 1.29 is 0 Å². The van der Waals surface area contributed by atoms with Crippen molar-refractivity contribution in [2.45, 2.75) is 0 Å². The van der Waals surface area contributed by atoms with Gasteiger partial charge in [-0.2, -0.15) is 0 Å². The Labute approximate surface area is 451 Å². The summed E-state index contributed by atoms with van der Waals surface area (Å²) in [5.41, 5.74) is 21.7. The topological polar surface area (TPSA) is 0 Å². The smallest absolute Gasteiger partial charge is 0.0622 e. The van der Waals surface area contributed by atoms with Crippen LogP contribution in [0.1, 0.15) is 0 Å². The van der Waals surface area contributed by atoms with Crippen molar-refractivity contribution in [3.8, 4) is 89.0 Å². The molecule has 14 rings (SSSR count). The average Bonchev–Trinajstić information content (AvgIpc) is 1.69. The van der Waals surface area contributed by atoms with E-state index in [4.69, 9.17) is 0 Å². The minimum absolute atomic E-state index is 1.30. The van der Waals surface area contributed by atoms with E-state index in [0.29, 0.717) is 0 Å². The fourth-order valence-corrected chi connectivity index (χ4v) is 143. The Morgan fingerprint density at radius 3 is 0.500 bits per heavy atom. The quantitative estimate of drug-likeness (QED) is 0.107. The molecular weight excluding hydrogens is 977 g/mol. The van der Waals surface area contributed by atoms with Gasteiger partial charge in [0.15, 0.2) is 0 Å². The van der Waals surface area contributed by atoms with Crippen LogP contribution in [0.25, 0.3) is 89.0 Å². The molecule has 2 radical (unpaired) electrons. The highest BCUT2D eigenvalue weighted by atomic mass is 30.7. The molecule has 4 heteroatoms. The van der Waals surface area contributed by atoms with Crippen molar-refractivity contribution in [3.05, 3.63) is 315 Å². The van der Waals surface area contributed by atoms with Gasteiger partial charge in [0, 0.05) is 0 Å². The second-order valence-electron chi connectivity index (χ2n) is 20.1. The second kappa shape index (κ2) is 19.3. The van der Waals surface area contributed by atoms with Crippen LogP contribution >= 0.6 is 0 Å². The van der Waals surface area contributed by atoms with Crippen molar-refractivity contribution in [3.63, 3.8) is 0 Å². The molecule has 2 saturated heterocycles. The maximum absolute atomic E-state index is 2.85. The first-order valence-electron chi connectivity index (χ1n) is 26.5. The maximum atomic E-state index is 2.51. The highest BCUT2D eigenvalue weighted by Crippen LogP contribution is 2.65. The predicted octanol–water partition coefficient (Wildman–Crippen LogP) is 15.3. The molecule has 0 nitrogen and oxygen atoms in total. The molecule has 0 aromatic heterocycles. The van der Waals surface area contributed by atoms with Crippen molar-refractivity contribution in [1.29, 1.82) is 0 Å². The standard InChI is InChI=1S/C72H52Si4/c1-9-29-53(30-10-1)61-45-25-46-62(54-31-11-2-12-32-54)69(61)73-75(71-65(57-37-17-5-18-38-57)49-27-50-66(71)58-39-19-6-20-40-58)74(70-63(55-33-13-3-14-34-55)47-26-48-64(70)56-35-15-4-16-36-56)76(73,75)72-67(59-41-21-7-22-42-59)51-28-52-68(72)60-43-23-8-24-44-60/h1-52H. The summed E-state index contributed by atoms with van der Waals surface area (Å²) in [6.45, 7) is -5.69. The van der Waals surface area contributed by atoms with E-state index in [1.165, 1.54) is 89.0 Å². The zero-order valence-corrected chi connectivity index (χ0v) is 46.0. The van der Waals surface area contributed by atoms with Gasteiger partial charge in [-0.15, -0.1) is 0 Å². The van der Waals surface area contributed by atoms with Crippen LogP contribution in [-0.4, -0.2) is 28.9 Å². The molecule has 0 N–H and O–H groups in total. The first-order valence-corrected chi connectivity index (χ1v) is 38.5. The minimum Gasteiger partial charge on any atom is -0.0622 e. The summed E-state index contributed by atoms with van der Waals surface area (Å²) in [5.74, 6) is 0. The van der Waals surface area contributed by atoms with Crippen molar-refractivity contribution >= 4 is 49.7 Å². The van der Waals surface area contributed by atoms with E-state index in [0.717, 1.165) is 0 Å². The molecule has 0 aliphatic carbocycles. The molecule has 76 heavy (non-hydrogen) atoms. The van der Waals surface area contributed by atoms with Gasteiger partial charge in [0.2, 0.25) is 0 Å². The van der Waals surface area contributed by atoms with Crippen LogP contribution in [0.4, 0.5) is 0 Å². The van der Waals surface area contributed by atoms with E-state index < -0.39 is 28.9 Å². The van der Waals surface area contributed by atoms with E-state index in [9.17, 15) is 0 Å². The fourth-order valence-electron chi connectivity index (χ4n) is 13.0. The van der Waals surface area contributed by atoms with Crippen LogP contribution in [-0.2, 0) is 0 Å². The summed E-state index contributed by atoms with van der Waals surface area (Å²) in [7, 11) is -3.01. The molecule has 356 valence electrons. The Bertz CT molecular complexity index is 3520. The Morgan fingerprint density at radius 2 is 0.316 bits per heavy atom. The summed E-state index contributed by atoms with van der Waals surface area (Å²) >= 11 is 0. The lowest BCUT2D eigenvalue weighted by molar-refractivity contribution is 1.61. The third-order valence-corrected chi connectivity index (χ3v) is 93.3. The molecule has 0 spiro atoms. The van der Waals surface area contributed by atoms with Gasteiger partial charge < -0.3 is 0 Å². The molecule has 0 atom stereocenters. The Kier molecular flexibility index (Phi) is 11.7. The first-order chi connectivity index (χ1) is 37.8. The number of benzene rings is 12. The fraction of sp³-hybridized carbons (Fsp3) is 0. The van der Waals surface area contributed by atoms with E-state index in [1.807, 2.05) is 0 Å². The summed E-state index contributed by atoms with van der Waals surface area (Å²) in [4.78, 5) is 0. The summed E-state index contributed by atoms with van der Waals surface area (Å²) < 4.78 is 0. The van der Waals surface area contributed by atoms with Gasteiger partial charge in [0.05, 0.1) is 28.9 Å². The molecule has 0 saturated carbocycles. The van der Waals surface area contributed by atoms with Crippen LogP contribution < -0.4 is 20.7 Å². The zero-order valence-electron chi connectivity index (χ0n) is 42.0. The van der Waals surface area contributed by atoms with E-state index in [1.54, 1.807) is 20.7 Å². The Balaban J connectivity index is 1.23. The molecule has 12 aromatic rings. The number of rotatable bonds is 12. The largest absolute Gasteiger partial charge is 0.0729 e. The normalized spacial score (nSPS) is 16.7. The molecule has 2 aliphatic heterocycles. The average molecular weight is 1030 g/mol. The van der Waals surface area contributed by atoms with Gasteiger partial charge >= 0.3 is 0 Å². The van der Waals surface area contributed by atoms with Crippen molar-refractivity contribution in [1.82, 2.24) is 0 Å².